The van der Waals surface area contributed by atoms with Gasteiger partial charge in [-0.1, -0.05) is 18.2 Å². The van der Waals surface area contributed by atoms with E-state index in [0.717, 1.165) is 12.1 Å². The van der Waals surface area contributed by atoms with E-state index >= 15 is 0 Å². The Bertz CT molecular complexity index is 1320. The highest BCUT2D eigenvalue weighted by molar-refractivity contribution is 6.17. The Morgan fingerprint density at radius 2 is 1.70 bits per heavy atom. The van der Waals surface area contributed by atoms with Crippen molar-refractivity contribution in [1.82, 2.24) is 4.57 Å². The lowest BCUT2D eigenvalue weighted by molar-refractivity contribution is -0.137. The predicted molar refractivity (Wildman–Crippen MR) is 106 cm³/mol. The molecule has 2 amide bonds. The van der Waals surface area contributed by atoms with Gasteiger partial charge in [-0.2, -0.15) is 13.2 Å². The molecule has 0 saturated carbocycles. The molecule has 3 aromatic carbocycles. The maximum absolute atomic E-state index is 13.3. The van der Waals surface area contributed by atoms with E-state index in [0.29, 0.717) is 21.9 Å². The van der Waals surface area contributed by atoms with E-state index in [-0.39, 0.29) is 23.2 Å². The van der Waals surface area contributed by atoms with Gasteiger partial charge >= 0.3 is 6.18 Å². The number of primary amides is 2. The molecule has 0 atom stereocenters. The molecule has 4 N–H and O–H groups in total. The summed E-state index contributed by atoms with van der Waals surface area (Å²) in [6, 6.07) is 15.9. The van der Waals surface area contributed by atoms with Crippen LogP contribution in [-0.2, 0) is 12.7 Å². The van der Waals surface area contributed by atoms with Gasteiger partial charge in [0.05, 0.1) is 16.6 Å². The number of nitrogens with two attached hydrogens (primary N) is 2. The molecule has 1 radical (unpaired) electrons. The van der Waals surface area contributed by atoms with Gasteiger partial charge in [0.2, 0.25) is 11.8 Å². The quantitative estimate of drug-likeness (QED) is 0.535. The van der Waals surface area contributed by atoms with Crippen molar-refractivity contribution in [1.29, 1.82) is 0 Å². The zero-order valence-corrected chi connectivity index (χ0v) is 15.5. The molecule has 0 aliphatic rings. The summed E-state index contributed by atoms with van der Waals surface area (Å²) in [7, 11) is 0. The monoisotopic (exact) mass is 410 g/mol. The van der Waals surface area contributed by atoms with Gasteiger partial charge in [0, 0.05) is 28.4 Å². The Labute approximate surface area is 168 Å². The highest BCUT2D eigenvalue weighted by Gasteiger charge is 2.31. The minimum atomic E-state index is -4.55. The number of rotatable bonds is 4. The largest absolute Gasteiger partial charge is 0.416 e. The standard InChI is InChI=1S/C22H15F3N3O2/c23-22(24,25)14-7-8-15-18(10-14)28(11-12-3-1-4-13(9-12)20(26)29)17-6-2-5-16(19(15)17)21(27)30/h1-7,9-10H,11H2,(H2,26,29)(H2,27,30). The molecule has 0 fully saturated rings. The summed E-state index contributed by atoms with van der Waals surface area (Å²) in [4.78, 5) is 23.4. The molecule has 0 saturated heterocycles. The second-order valence-corrected chi connectivity index (χ2v) is 6.86. The first kappa shape index (κ1) is 19.5. The van der Waals surface area contributed by atoms with Gasteiger partial charge < -0.3 is 16.0 Å². The van der Waals surface area contributed by atoms with Gasteiger partial charge in [0.25, 0.3) is 0 Å². The second kappa shape index (κ2) is 6.91. The third-order valence-electron chi connectivity index (χ3n) is 4.94. The first-order chi connectivity index (χ1) is 14.2. The molecule has 0 spiro atoms. The van der Waals surface area contributed by atoms with Crippen molar-refractivity contribution in [3.8, 4) is 0 Å². The number of halogens is 3. The third kappa shape index (κ3) is 3.26. The highest BCUT2D eigenvalue weighted by Crippen LogP contribution is 2.36. The van der Waals surface area contributed by atoms with E-state index in [1.165, 1.54) is 6.07 Å². The summed E-state index contributed by atoms with van der Waals surface area (Å²) in [6.07, 6.45) is -4.55. The number of benzene rings is 3. The third-order valence-corrected chi connectivity index (χ3v) is 4.94. The Kier molecular flexibility index (Phi) is 4.49. The number of carbonyl (C=O) groups is 2. The van der Waals surface area contributed by atoms with Gasteiger partial charge in [0.15, 0.2) is 0 Å². The molecule has 0 aliphatic heterocycles. The van der Waals surface area contributed by atoms with Crippen molar-refractivity contribution in [3.05, 3.63) is 82.9 Å². The van der Waals surface area contributed by atoms with Crippen LogP contribution in [0.3, 0.4) is 0 Å². The summed E-state index contributed by atoms with van der Waals surface area (Å²) in [5, 5.41) is 0.790. The molecule has 151 valence electrons. The lowest BCUT2D eigenvalue weighted by Crippen LogP contribution is -2.12. The summed E-state index contributed by atoms with van der Waals surface area (Å²) in [6.45, 7) is 0.151. The van der Waals surface area contributed by atoms with E-state index in [4.69, 9.17) is 11.5 Å². The number of carbonyl (C=O) groups excluding carboxylic acids is 2. The Hall–Kier alpha value is -3.81. The fourth-order valence-corrected chi connectivity index (χ4v) is 3.60. The van der Waals surface area contributed by atoms with Crippen molar-refractivity contribution >= 4 is 33.6 Å². The first-order valence-electron chi connectivity index (χ1n) is 8.89. The number of fused-ring (bicyclic) bond motifs is 3. The van der Waals surface area contributed by atoms with Crippen LogP contribution in [0.5, 0.6) is 0 Å². The number of aromatic nitrogens is 1. The Balaban J connectivity index is 2.02. The molecule has 1 aromatic heterocycles. The van der Waals surface area contributed by atoms with E-state index in [1.54, 1.807) is 41.0 Å². The molecule has 5 nitrogen and oxygen atoms in total. The van der Waals surface area contributed by atoms with E-state index in [9.17, 15) is 22.8 Å². The fourth-order valence-electron chi connectivity index (χ4n) is 3.60. The molecule has 8 heteroatoms. The average Bonchev–Trinajstić information content (AvgIpc) is 3.00. The zero-order valence-electron chi connectivity index (χ0n) is 15.5. The van der Waals surface area contributed by atoms with Crippen LogP contribution >= 0.6 is 0 Å². The zero-order chi connectivity index (χ0) is 21.6. The molecule has 0 unspecified atom stereocenters. The Morgan fingerprint density at radius 3 is 2.37 bits per heavy atom. The number of hydrogen-bond acceptors (Lipinski definition) is 2. The van der Waals surface area contributed by atoms with E-state index in [2.05, 4.69) is 6.07 Å². The van der Waals surface area contributed by atoms with Crippen LogP contribution in [0.4, 0.5) is 13.2 Å². The molecule has 0 bridgehead atoms. The van der Waals surface area contributed by atoms with Gasteiger partial charge in [-0.3, -0.25) is 9.59 Å². The van der Waals surface area contributed by atoms with Crippen LogP contribution in [-0.4, -0.2) is 16.4 Å². The molecule has 4 rings (SSSR count). The number of amides is 2. The highest BCUT2D eigenvalue weighted by atomic mass is 19.4. The second-order valence-electron chi connectivity index (χ2n) is 6.86. The molecule has 30 heavy (non-hydrogen) atoms. The Morgan fingerprint density at radius 1 is 0.967 bits per heavy atom. The maximum Gasteiger partial charge on any atom is 0.416 e. The summed E-state index contributed by atoms with van der Waals surface area (Å²) < 4.78 is 41.6. The van der Waals surface area contributed by atoms with Crippen molar-refractivity contribution in [3.63, 3.8) is 0 Å². The van der Waals surface area contributed by atoms with Gasteiger partial charge in [-0.15, -0.1) is 0 Å². The summed E-state index contributed by atoms with van der Waals surface area (Å²) in [5.74, 6) is -1.30. The minimum Gasteiger partial charge on any atom is -0.366 e. The molecular formula is C22H15F3N3O2. The lowest BCUT2D eigenvalue weighted by atomic mass is 10.0. The van der Waals surface area contributed by atoms with Gasteiger partial charge in [0.1, 0.15) is 0 Å². The van der Waals surface area contributed by atoms with Crippen LogP contribution in [0.25, 0.3) is 21.8 Å². The normalized spacial score (nSPS) is 11.8. The van der Waals surface area contributed by atoms with Crippen molar-refractivity contribution in [2.24, 2.45) is 11.5 Å². The first-order valence-corrected chi connectivity index (χ1v) is 8.89. The molecule has 1 heterocycles. The summed E-state index contributed by atoms with van der Waals surface area (Å²) in [5.41, 5.74) is 11.9. The van der Waals surface area contributed by atoms with Crippen LogP contribution < -0.4 is 11.5 Å². The molecule has 0 aliphatic carbocycles. The van der Waals surface area contributed by atoms with Crippen molar-refractivity contribution in [2.75, 3.05) is 0 Å². The average molecular weight is 410 g/mol. The number of alkyl halides is 3. The van der Waals surface area contributed by atoms with E-state index < -0.39 is 23.6 Å². The van der Waals surface area contributed by atoms with Gasteiger partial charge in [-0.05, 0) is 48.0 Å². The van der Waals surface area contributed by atoms with Crippen LogP contribution in [0.15, 0.2) is 54.6 Å². The topological polar surface area (TPSA) is 91.1 Å². The van der Waals surface area contributed by atoms with Gasteiger partial charge in [-0.25, -0.2) is 0 Å². The van der Waals surface area contributed by atoms with Crippen LogP contribution in [0.1, 0.15) is 31.8 Å². The van der Waals surface area contributed by atoms with Crippen LogP contribution in [0.2, 0.25) is 0 Å². The minimum absolute atomic E-state index is 0.151. The van der Waals surface area contributed by atoms with Crippen LogP contribution in [0, 0.1) is 6.07 Å². The number of nitrogens with zero attached hydrogens (tertiary/aromatic N) is 1. The van der Waals surface area contributed by atoms with Crippen molar-refractivity contribution < 1.29 is 22.8 Å². The maximum atomic E-state index is 13.3. The SMILES string of the molecule is NC(=O)c1cccc(Cn2c3cc(C(F)(F)F)c[c]c3c3c(C(N)=O)cccc32)c1. The number of hydrogen-bond donors (Lipinski definition) is 2. The smallest absolute Gasteiger partial charge is 0.366 e. The molecular weight excluding hydrogens is 395 g/mol. The predicted octanol–water partition coefficient (Wildman–Crippen LogP) is 3.86. The summed E-state index contributed by atoms with van der Waals surface area (Å²) >= 11 is 0. The van der Waals surface area contributed by atoms with E-state index in [1.807, 2.05) is 0 Å². The van der Waals surface area contributed by atoms with Crippen molar-refractivity contribution in [2.45, 2.75) is 12.7 Å². The lowest BCUT2D eigenvalue weighted by Gasteiger charge is -2.11. The fraction of sp³-hybridized carbons (Fsp3) is 0.0909. The molecule has 4 aromatic rings.